The van der Waals surface area contributed by atoms with Crippen molar-refractivity contribution in [3.8, 4) is 0 Å². The Kier molecular flexibility index (Phi) is 6.38. The Balaban J connectivity index is 1.59. The second-order valence-electron chi connectivity index (χ2n) is 8.02. The molecule has 3 aromatic rings. The van der Waals surface area contributed by atoms with Crippen LogP contribution < -0.4 is 5.32 Å². The van der Waals surface area contributed by atoms with E-state index < -0.39 is 0 Å². The van der Waals surface area contributed by atoms with Crippen LogP contribution in [0.2, 0.25) is 5.02 Å². The fourth-order valence-corrected chi connectivity index (χ4v) is 4.28. The van der Waals surface area contributed by atoms with E-state index in [2.05, 4.69) is 17.4 Å². The summed E-state index contributed by atoms with van der Waals surface area (Å²) in [4.78, 5) is 28.2. The summed E-state index contributed by atoms with van der Waals surface area (Å²) in [5.41, 5.74) is 3.60. The lowest BCUT2D eigenvalue weighted by Gasteiger charge is -2.39. The lowest BCUT2D eigenvalue weighted by atomic mass is 9.87. The number of nitrogens with zero attached hydrogens (tertiary/aromatic N) is 1. The Morgan fingerprint density at radius 1 is 0.935 bits per heavy atom. The molecule has 1 aliphatic heterocycles. The van der Waals surface area contributed by atoms with Crippen molar-refractivity contribution in [2.75, 3.05) is 11.9 Å². The normalized spacial score (nSPS) is 18.5. The van der Waals surface area contributed by atoms with Gasteiger partial charge in [-0.2, -0.15) is 0 Å². The van der Waals surface area contributed by atoms with Gasteiger partial charge in [0.05, 0.1) is 12.0 Å². The number of carbonyl (C=O) groups excluding carboxylic acids is 2. The van der Waals surface area contributed by atoms with Gasteiger partial charge in [0.15, 0.2) is 0 Å². The summed E-state index contributed by atoms with van der Waals surface area (Å²) >= 11 is 6.01. The maximum absolute atomic E-state index is 13.5. The quantitative estimate of drug-likeness (QED) is 0.559. The zero-order chi connectivity index (χ0) is 21.8. The first-order valence-electron chi connectivity index (χ1n) is 10.5. The van der Waals surface area contributed by atoms with Gasteiger partial charge in [-0.05, 0) is 61.7 Å². The van der Waals surface area contributed by atoms with Crippen molar-refractivity contribution in [1.82, 2.24) is 4.90 Å². The number of para-hydroxylation sites is 1. The number of benzene rings is 3. The van der Waals surface area contributed by atoms with Crippen LogP contribution in [-0.4, -0.2) is 23.3 Å². The lowest BCUT2D eigenvalue weighted by molar-refractivity contribution is -0.121. The predicted octanol–water partition coefficient (Wildman–Crippen LogP) is 5.88. The molecule has 1 aliphatic rings. The molecule has 1 saturated heterocycles. The molecule has 0 saturated carbocycles. The van der Waals surface area contributed by atoms with Crippen LogP contribution in [0.25, 0.3) is 0 Å². The molecule has 3 aromatic carbocycles. The minimum atomic E-state index is -0.266. The highest BCUT2D eigenvalue weighted by Crippen LogP contribution is 2.35. The van der Waals surface area contributed by atoms with E-state index in [1.807, 2.05) is 54.3 Å². The fourth-order valence-electron chi connectivity index (χ4n) is 4.16. The largest absolute Gasteiger partial charge is 0.331 e. The molecule has 4 rings (SSSR count). The summed E-state index contributed by atoms with van der Waals surface area (Å²) in [7, 11) is 0. The standard InChI is InChI=1S/C26H25ClN2O2/c1-18-6-5-7-20(16-18)24-15-12-21(25(30)28-23-8-3-2-4-9-23)17-29(24)26(31)19-10-13-22(27)14-11-19/h2-11,13-14,16,21,24H,12,15,17H2,1H3,(H,28,30). The van der Waals surface area contributed by atoms with Gasteiger partial charge in [-0.3, -0.25) is 9.59 Å². The van der Waals surface area contributed by atoms with Crippen LogP contribution in [0.15, 0.2) is 78.9 Å². The first-order chi connectivity index (χ1) is 15.0. The third-order valence-electron chi connectivity index (χ3n) is 5.77. The third kappa shape index (κ3) is 4.97. The molecule has 0 bridgehead atoms. The SMILES string of the molecule is Cc1cccc(C2CCC(C(=O)Nc3ccccc3)CN2C(=O)c2ccc(Cl)cc2)c1. The molecule has 0 aromatic heterocycles. The van der Waals surface area contributed by atoms with E-state index in [4.69, 9.17) is 11.6 Å². The summed E-state index contributed by atoms with van der Waals surface area (Å²) in [6.45, 7) is 2.42. The molecule has 2 amide bonds. The van der Waals surface area contributed by atoms with Crippen molar-refractivity contribution in [2.45, 2.75) is 25.8 Å². The van der Waals surface area contributed by atoms with E-state index in [1.165, 1.54) is 0 Å². The zero-order valence-corrected chi connectivity index (χ0v) is 18.2. The van der Waals surface area contributed by atoms with E-state index in [-0.39, 0.29) is 23.8 Å². The number of likely N-dealkylation sites (tertiary alicyclic amines) is 1. The number of nitrogens with one attached hydrogen (secondary N) is 1. The number of halogens is 1. The van der Waals surface area contributed by atoms with Gasteiger partial charge in [0, 0.05) is 22.8 Å². The second-order valence-corrected chi connectivity index (χ2v) is 8.46. The van der Waals surface area contributed by atoms with Crippen molar-refractivity contribution in [1.29, 1.82) is 0 Å². The van der Waals surface area contributed by atoms with Crippen LogP contribution >= 0.6 is 11.6 Å². The topological polar surface area (TPSA) is 49.4 Å². The fraction of sp³-hybridized carbons (Fsp3) is 0.231. The van der Waals surface area contributed by atoms with Crippen molar-refractivity contribution >= 4 is 29.1 Å². The van der Waals surface area contributed by atoms with Crippen molar-refractivity contribution in [3.05, 3.63) is 101 Å². The van der Waals surface area contributed by atoms with Crippen LogP contribution in [0.3, 0.4) is 0 Å². The van der Waals surface area contributed by atoms with Crippen molar-refractivity contribution in [3.63, 3.8) is 0 Å². The summed E-state index contributed by atoms with van der Waals surface area (Å²) in [6.07, 6.45) is 1.46. The maximum atomic E-state index is 13.5. The Labute approximate surface area is 187 Å². The van der Waals surface area contributed by atoms with Crippen LogP contribution in [0.4, 0.5) is 5.69 Å². The molecule has 0 spiro atoms. The number of aryl methyl sites for hydroxylation is 1. The number of carbonyl (C=O) groups is 2. The van der Waals surface area contributed by atoms with E-state index in [1.54, 1.807) is 24.3 Å². The number of piperidine rings is 1. The van der Waals surface area contributed by atoms with Gasteiger partial charge in [-0.1, -0.05) is 59.6 Å². The first kappa shape index (κ1) is 21.1. The first-order valence-corrected chi connectivity index (χ1v) is 10.9. The van der Waals surface area contributed by atoms with E-state index in [0.717, 1.165) is 29.7 Å². The number of rotatable bonds is 4. The lowest BCUT2D eigenvalue weighted by Crippen LogP contribution is -2.45. The smallest absolute Gasteiger partial charge is 0.254 e. The zero-order valence-electron chi connectivity index (χ0n) is 17.4. The number of hydrogen-bond acceptors (Lipinski definition) is 2. The van der Waals surface area contributed by atoms with Gasteiger partial charge in [0.25, 0.3) is 5.91 Å². The van der Waals surface area contributed by atoms with Gasteiger partial charge < -0.3 is 10.2 Å². The van der Waals surface area contributed by atoms with E-state index >= 15 is 0 Å². The molecule has 1 heterocycles. The number of hydrogen-bond donors (Lipinski definition) is 1. The Morgan fingerprint density at radius 2 is 1.68 bits per heavy atom. The van der Waals surface area contributed by atoms with Crippen LogP contribution in [-0.2, 0) is 4.79 Å². The second kappa shape index (κ2) is 9.36. The van der Waals surface area contributed by atoms with Crippen LogP contribution in [0, 0.1) is 12.8 Å². The molecule has 2 atom stereocenters. The molecule has 0 aliphatic carbocycles. The third-order valence-corrected chi connectivity index (χ3v) is 6.02. The highest BCUT2D eigenvalue weighted by molar-refractivity contribution is 6.30. The Hall–Kier alpha value is -3.11. The van der Waals surface area contributed by atoms with Crippen LogP contribution in [0.5, 0.6) is 0 Å². The predicted molar refractivity (Wildman–Crippen MR) is 124 cm³/mol. The molecule has 4 nitrogen and oxygen atoms in total. The average Bonchev–Trinajstić information content (AvgIpc) is 2.79. The summed E-state index contributed by atoms with van der Waals surface area (Å²) < 4.78 is 0. The molecule has 2 unspecified atom stereocenters. The molecule has 0 radical (unpaired) electrons. The summed E-state index contributed by atoms with van der Waals surface area (Å²) in [5, 5.41) is 3.58. The Bertz CT molecular complexity index is 1070. The Morgan fingerprint density at radius 3 is 2.39 bits per heavy atom. The van der Waals surface area contributed by atoms with Gasteiger partial charge in [0.1, 0.15) is 0 Å². The molecule has 5 heteroatoms. The highest BCUT2D eigenvalue weighted by atomic mass is 35.5. The van der Waals surface area contributed by atoms with Gasteiger partial charge >= 0.3 is 0 Å². The van der Waals surface area contributed by atoms with Crippen molar-refractivity contribution < 1.29 is 9.59 Å². The van der Waals surface area contributed by atoms with Gasteiger partial charge in [-0.25, -0.2) is 0 Å². The minimum absolute atomic E-state index is 0.0530. The molecule has 1 fully saturated rings. The van der Waals surface area contributed by atoms with Gasteiger partial charge in [-0.15, -0.1) is 0 Å². The maximum Gasteiger partial charge on any atom is 0.254 e. The molecular weight excluding hydrogens is 408 g/mol. The van der Waals surface area contributed by atoms with Crippen LogP contribution in [0.1, 0.15) is 40.4 Å². The summed E-state index contributed by atoms with van der Waals surface area (Å²) in [6, 6.07) is 24.5. The molecule has 1 N–H and O–H groups in total. The number of amides is 2. The van der Waals surface area contributed by atoms with E-state index in [9.17, 15) is 9.59 Å². The van der Waals surface area contributed by atoms with E-state index in [0.29, 0.717) is 17.1 Å². The van der Waals surface area contributed by atoms with Gasteiger partial charge in [0.2, 0.25) is 5.91 Å². The minimum Gasteiger partial charge on any atom is -0.331 e. The highest BCUT2D eigenvalue weighted by Gasteiger charge is 2.36. The molecule has 158 valence electrons. The van der Waals surface area contributed by atoms with Crippen molar-refractivity contribution in [2.24, 2.45) is 5.92 Å². The monoisotopic (exact) mass is 432 g/mol. The summed E-state index contributed by atoms with van der Waals surface area (Å²) in [5.74, 6) is -0.402. The average molecular weight is 433 g/mol. The molecular formula is C26H25ClN2O2. The molecule has 31 heavy (non-hydrogen) atoms. The number of anilines is 1.